The van der Waals surface area contributed by atoms with Crippen LogP contribution in [0.2, 0.25) is 0 Å². The number of nitrogens with one attached hydrogen (secondary N) is 2. The molecule has 1 saturated carbocycles. The van der Waals surface area contributed by atoms with Crippen molar-refractivity contribution in [1.82, 2.24) is 0 Å². The lowest BCUT2D eigenvalue weighted by molar-refractivity contribution is -0.117. The quantitative estimate of drug-likeness (QED) is 0.671. The van der Waals surface area contributed by atoms with Gasteiger partial charge < -0.3 is 16.4 Å². The molecular formula is C20H24ClN3O2. The molecule has 0 atom stereocenters. The Morgan fingerprint density at radius 1 is 1.12 bits per heavy atom. The average Bonchev–Trinajstić information content (AvgIpc) is 3.42. The van der Waals surface area contributed by atoms with Gasteiger partial charge in [-0.1, -0.05) is 24.3 Å². The van der Waals surface area contributed by atoms with Gasteiger partial charge in [0.1, 0.15) is 0 Å². The molecule has 2 aromatic carbocycles. The smallest absolute Gasteiger partial charge is 0.227 e. The molecule has 0 aromatic heterocycles. The third-order valence-corrected chi connectivity index (χ3v) is 4.40. The highest BCUT2D eigenvalue weighted by molar-refractivity contribution is 5.96. The van der Waals surface area contributed by atoms with Crippen LogP contribution in [-0.2, 0) is 16.0 Å². The number of carbonyl (C=O) groups excluding carboxylic acids is 2. The molecule has 2 aromatic rings. The van der Waals surface area contributed by atoms with Crippen LogP contribution in [0, 0.1) is 12.8 Å². The van der Waals surface area contributed by atoms with Crippen molar-refractivity contribution in [3.8, 4) is 0 Å². The fraction of sp³-hybridized carbons (Fsp3) is 0.300. The summed E-state index contributed by atoms with van der Waals surface area (Å²) in [6, 6.07) is 13.1. The molecule has 0 aliphatic heterocycles. The minimum Gasteiger partial charge on any atom is -0.399 e. The van der Waals surface area contributed by atoms with E-state index in [1.54, 1.807) is 0 Å². The predicted molar refractivity (Wildman–Crippen MR) is 108 cm³/mol. The van der Waals surface area contributed by atoms with Crippen LogP contribution in [0.25, 0.3) is 0 Å². The largest absolute Gasteiger partial charge is 0.399 e. The van der Waals surface area contributed by atoms with Gasteiger partial charge in [-0.2, -0.15) is 0 Å². The zero-order valence-electron chi connectivity index (χ0n) is 14.7. The van der Waals surface area contributed by atoms with Crippen molar-refractivity contribution in [2.75, 3.05) is 16.4 Å². The normalized spacial score (nSPS) is 12.8. The van der Waals surface area contributed by atoms with Crippen LogP contribution < -0.4 is 16.4 Å². The molecule has 0 saturated heterocycles. The first-order chi connectivity index (χ1) is 12.0. The van der Waals surface area contributed by atoms with Crippen LogP contribution in [0.1, 0.15) is 30.4 Å². The fourth-order valence-electron chi connectivity index (χ4n) is 2.65. The van der Waals surface area contributed by atoms with Gasteiger partial charge in [0.15, 0.2) is 0 Å². The molecule has 3 rings (SSSR count). The van der Waals surface area contributed by atoms with Gasteiger partial charge in [0.05, 0.1) is 0 Å². The molecule has 1 aliphatic carbocycles. The highest BCUT2D eigenvalue weighted by Crippen LogP contribution is 2.30. The molecule has 0 radical (unpaired) electrons. The molecule has 0 bridgehead atoms. The second-order valence-electron chi connectivity index (χ2n) is 6.54. The third kappa shape index (κ3) is 5.23. The van der Waals surface area contributed by atoms with Crippen molar-refractivity contribution in [3.05, 3.63) is 53.6 Å². The molecule has 4 N–H and O–H groups in total. The molecule has 5 nitrogen and oxygen atoms in total. The summed E-state index contributed by atoms with van der Waals surface area (Å²) in [6.45, 7) is 1.93. The van der Waals surface area contributed by atoms with Gasteiger partial charge in [-0.05, 0) is 55.5 Å². The summed E-state index contributed by atoms with van der Waals surface area (Å²) in [5.74, 6) is 0.133. The second-order valence-corrected chi connectivity index (χ2v) is 6.54. The Hall–Kier alpha value is -2.53. The van der Waals surface area contributed by atoms with Crippen molar-refractivity contribution in [1.29, 1.82) is 0 Å². The van der Waals surface area contributed by atoms with E-state index in [9.17, 15) is 9.59 Å². The van der Waals surface area contributed by atoms with Crippen molar-refractivity contribution in [2.24, 2.45) is 5.92 Å². The Bertz CT molecular complexity index is 803. The Balaban J connectivity index is 0.00000243. The SMILES string of the molecule is Cc1ccc(NC(=O)C2CC2)cc1NC(=O)CCc1ccccc1N.Cl. The van der Waals surface area contributed by atoms with Gasteiger partial charge in [-0.3, -0.25) is 9.59 Å². The van der Waals surface area contributed by atoms with E-state index >= 15 is 0 Å². The maximum absolute atomic E-state index is 12.3. The summed E-state index contributed by atoms with van der Waals surface area (Å²) in [5, 5.41) is 5.83. The van der Waals surface area contributed by atoms with E-state index in [0.717, 1.165) is 29.7 Å². The Morgan fingerprint density at radius 3 is 2.54 bits per heavy atom. The van der Waals surface area contributed by atoms with E-state index in [-0.39, 0.29) is 30.1 Å². The molecule has 0 spiro atoms. The monoisotopic (exact) mass is 373 g/mol. The van der Waals surface area contributed by atoms with E-state index in [4.69, 9.17) is 5.73 Å². The molecular weight excluding hydrogens is 350 g/mol. The van der Waals surface area contributed by atoms with Crippen LogP contribution in [0.5, 0.6) is 0 Å². The van der Waals surface area contributed by atoms with E-state index in [1.165, 1.54) is 0 Å². The van der Waals surface area contributed by atoms with Crippen LogP contribution in [0.4, 0.5) is 17.1 Å². The summed E-state index contributed by atoms with van der Waals surface area (Å²) in [5.41, 5.74) is 9.97. The summed E-state index contributed by atoms with van der Waals surface area (Å²) in [4.78, 5) is 24.1. The zero-order chi connectivity index (χ0) is 17.8. The predicted octanol–water partition coefficient (Wildman–Crippen LogP) is 3.92. The van der Waals surface area contributed by atoms with Gasteiger partial charge in [0.25, 0.3) is 0 Å². The first-order valence-electron chi connectivity index (χ1n) is 8.57. The third-order valence-electron chi connectivity index (χ3n) is 4.40. The van der Waals surface area contributed by atoms with Crippen LogP contribution >= 0.6 is 12.4 Å². The standard InChI is InChI=1S/C20H23N3O2.ClH/c1-13-6-10-16(22-20(25)15-7-8-15)12-18(13)23-19(24)11-9-14-4-2-3-5-17(14)21;/h2-6,10,12,15H,7-9,11,21H2,1H3,(H,22,25)(H,23,24);1H. The first kappa shape index (κ1) is 19.8. The Morgan fingerprint density at radius 2 is 1.85 bits per heavy atom. The maximum Gasteiger partial charge on any atom is 0.227 e. The Labute approximate surface area is 159 Å². The minimum atomic E-state index is -0.0722. The zero-order valence-corrected chi connectivity index (χ0v) is 15.6. The number of rotatable bonds is 6. The number of benzene rings is 2. The lowest BCUT2D eigenvalue weighted by Crippen LogP contribution is -2.15. The average molecular weight is 374 g/mol. The number of carbonyl (C=O) groups is 2. The van der Waals surface area contributed by atoms with E-state index < -0.39 is 0 Å². The summed E-state index contributed by atoms with van der Waals surface area (Å²) in [7, 11) is 0. The fourth-order valence-corrected chi connectivity index (χ4v) is 2.65. The molecule has 1 aliphatic rings. The molecule has 138 valence electrons. The highest BCUT2D eigenvalue weighted by atomic mass is 35.5. The van der Waals surface area contributed by atoms with Gasteiger partial charge in [0.2, 0.25) is 11.8 Å². The van der Waals surface area contributed by atoms with Crippen LogP contribution in [-0.4, -0.2) is 11.8 Å². The highest BCUT2D eigenvalue weighted by Gasteiger charge is 2.29. The van der Waals surface area contributed by atoms with E-state index in [0.29, 0.717) is 24.2 Å². The van der Waals surface area contributed by atoms with Gasteiger partial charge >= 0.3 is 0 Å². The summed E-state index contributed by atoms with van der Waals surface area (Å²) in [6.07, 6.45) is 2.87. The van der Waals surface area contributed by atoms with Gasteiger partial charge in [0, 0.05) is 29.4 Å². The van der Waals surface area contributed by atoms with Gasteiger partial charge in [-0.25, -0.2) is 0 Å². The first-order valence-corrected chi connectivity index (χ1v) is 8.57. The summed E-state index contributed by atoms with van der Waals surface area (Å²) >= 11 is 0. The van der Waals surface area contributed by atoms with Gasteiger partial charge in [-0.15, -0.1) is 12.4 Å². The molecule has 1 fully saturated rings. The minimum absolute atomic E-state index is 0. The number of nitrogens with two attached hydrogens (primary N) is 1. The number of aryl methyl sites for hydroxylation is 2. The van der Waals surface area contributed by atoms with Crippen molar-refractivity contribution in [2.45, 2.75) is 32.6 Å². The van der Waals surface area contributed by atoms with E-state index in [2.05, 4.69) is 10.6 Å². The van der Waals surface area contributed by atoms with Crippen molar-refractivity contribution >= 4 is 41.3 Å². The second kappa shape index (κ2) is 8.72. The molecule has 2 amide bonds. The van der Waals surface area contributed by atoms with E-state index in [1.807, 2.05) is 49.4 Å². The molecule has 6 heteroatoms. The lowest BCUT2D eigenvalue weighted by atomic mass is 10.1. The molecule has 0 heterocycles. The maximum atomic E-state index is 12.3. The van der Waals surface area contributed by atoms with Crippen molar-refractivity contribution < 1.29 is 9.59 Å². The number of amides is 2. The molecule has 0 unspecified atom stereocenters. The number of para-hydroxylation sites is 1. The number of nitrogen functional groups attached to an aromatic ring is 1. The number of hydrogen-bond donors (Lipinski definition) is 3. The van der Waals surface area contributed by atoms with Crippen molar-refractivity contribution in [3.63, 3.8) is 0 Å². The topological polar surface area (TPSA) is 84.2 Å². The number of anilines is 3. The number of halogens is 1. The van der Waals surface area contributed by atoms with Crippen LogP contribution in [0.3, 0.4) is 0 Å². The lowest BCUT2D eigenvalue weighted by Gasteiger charge is -2.12. The molecule has 26 heavy (non-hydrogen) atoms. The van der Waals surface area contributed by atoms with Crippen LogP contribution in [0.15, 0.2) is 42.5 Å². The Kier molecular flexibility index (Phi) is 6.64. The number of hydrogen-bond acceptors (Lipinski definition) is 3. The summed E-state index contributed by atoms with van der Waals surface area (Å²) < 4.78 is 0.